The first-order valence-electron chi connectivity index (χ1n) is 8.05. The predicted molar refractivity (Wildman–Crippen MR) is 84.5 cm³/mol. The lowest BCUT2D eigenvalue weighted by molar-refractivity contribution is -0.144. The summed E-state index contributed by atoms with van der Waals surface area (Å²) in [7, 11) is 0. The molecular formula is C15H27N3O5. The highest BCUT2D eigenvalue weighted by molar-refractivity contribution is 5.73. The highest BCUT2D eigenvalue weighted by atomic mass is 16.4. The Bertz CT molecular complexity index is 405. The summed E-state index contributed by atoms with van der Waals surface area (Å²) in [6.07, 6.45) is 2.15. The number of rotatable bonds is 8. The number of carboxylic acids is 2. The van der Waals surface area contributed by atoms with Crippen LogP contribution >= 0.6 is 0 Å². The molecule has 0 spiro atoms. The minimum absolute atomic E-state index is 0.0751. The van der Waals surface area contributed by atoms with Crippen LogP contribution in [0.1, 0.15) is 19.8 Å². The molecule has 132 valence electrons. The maximum absolute atomic E-state index is 11.5. The summed E-state index contributed by atoms with van der Waals surface area (Å²) in [4.78, 5) is 38.9. The van der Waals surface area contributed by atoms with E-state index in [2.05, 4.69) is 0 Å². The summed E-state index contributed by atoms with van der Waals surface area (Å²) in [6.45, 7) is 5.49. The Morgan fingerprint density at radius 1 is 1.04 bits per heavy atom. The van der Waals surface area contributed by atoms with Crippen LogP contribution in [0.3, 0.4) is 0 Å². The molecule has 1 saturated heterocycles. The molecule has 0 aliphatic carbocycles. The largest absolute Gasteiger partial charge is 0.480 e. The summed E-state index contributed by atoms with van der Waals surface area (Å²) in [5.74, 6) is -1.75. The lowest BCUT2D eigenvalue weighted by Gasteiger charge is -2.30. The molecule has 1 atom stereocenters. The molecule has 1 rings (SSSR count). The van der Waals surface area contributed by atoms with E-state index < -0.39 is 18.0 Å². The van der Waals surface area contributed by atoms with Crippen molar-refractivity contribution in [2.75, 3.05) is 52.4 Å². The minimum atomic E-state index is -0.902. The third-order valence-corrected chi connectivity index (χ3v) is 4.12. The van der Waals surface area contributed by atoms with Gasteiger partial charge < -0.3 is 15.0 Å². The van der Waals surface area contributed by atoms with Crippen LogP contribution in [0.4, 0.5) is 0 Å². The fourth-order valence-corrected chi connectivity index (χ4v) is 2.84. The fraction of sp³-hybridized carbons (Fsp3) is 0.800. The van der Waals surface area contributed by atoms with E-state index in [1.165, 1.54) is 0 Å². The fourth-order valence-electron chi connectivity index (χ4n) is 2.84. The standard InChI is InChI=1S/C15H27N3O5/c1-2-3-13(15(22)23)18-8-6-16(10-11-19)4-5-17(7-9-18)12-14(20)21/h11,13H,2-10,12H2,1H3,(H,20,21)(H,22,23). The van der Waals surface area contributed by atoms with Gasteiger partial charge in [-0.05, 0) is 6.42 Å². The first kappa shape index (κ1) is 19.5. The molecule has 1 fully saturated rings. The Morgan fingerprint density at radius 3 is 2.13 bits per heavy atom. The molecule has 0 aromatic rings. The number of hydrogen-bond donors (Lipinski definition) is 2. The van der Waals surface area contributed by atoms with Crippen LogP contribution in [0.2, 0.25) is 0 Å². The molecule has 23 heavy (non-hydrogen) atoms. The number of hydrogen-bond acceptors (Lipinski definition) is 6. The molecule has 1 heterocycles. The zero-order valence-corrected chi connectivity index (χ0v) is 13.7. The maximum Gasteiger partial charge on any atom is 0.320 e. The van der Waals surface area contributed by atoms with Crippen molar-refractivity contribution >= 4 is 18.2 Å². The van der Waals surface area contributed by atoms with E-state index in [0.29, 0.717) is 45.7 Å². The van der Waals surface area contributed by atoms with E-state index in [-0.39, 0.29) is 13.1 Å². The average Bonchev–Trinajstić information content (AvgIpc) is 2.57. The van der Waals surface area contributed by atoms with Gasteiger partial charge in [0.2, 0.25) is 0 Å². The van der Waals surface area contributed by atoms with E-state index in [1.807, 2.05) is 16.7 Å². The summed E-state index contributed by atoms with van der Waals surface area (Å²) in [5.41, 5.74) is 0. The third-order valence-electron chi connectivity index (χ3n) is 4.12. The molecule has 1 aliphatic rings. The minimum Gasteiger partial charge on any atom is -0.480 e. The number of carbonyl (C=O) groups excluding carboxylic acids is 1. The van der Waals surface area contributed by atoms with Crippen molar-refractivity contribution in [1.82, 2.24) is 14.7 Å². The normalized spacial score (nSPS) is 20.2. The Morgan fingerprint density at radius 2 is 1.61 bits per heavy atom. The molecule has 1 unspecified atom stereocenters. The number of aliphatic carboxylic acids is 2. The van der Waals surface area contributed by atoms with Crippen molar-refractivity contribution in [2.45, 2.75) is 25.8 Å². The summed E-state index contributed by atoms with van der Waals surface area (Å²) < 4.78 is 0. The van der Waals surface area contributed by atoms with E-state index >= 15 is 0 Å². The van der Waals surface area contributed by atoms with Crippen molar-refractivity contribution in [3.63, 3.8) is 0 Å². The van der Waals surface area contributed by atoms with Crippen LogP contribution in [0.25, 0.3) is 0 Å². The molecule has 2 N–H and O–H groups in total. The van der Waals surface area contributed by atoms with Crippen molar-refractivity contribution in [3.05, 3.63) is 0 Å². The average molecular weight is 329 g/mol. The SMILES string of the molecule is CCCC(C(=O)O)N1CCN(CC=O)CCN(CC(=O)O)CC1. The molecule has 0 bridgehead atoms. The van der Waals surface area contributed by atoms with Crippen LogP contribution in [0.15, 0.2) is 0 Å². The van der Waals surface area contributed by atoms with Crippen LogP contribution in [0, 0.1) is 0 Å². The second-order valence-corrected chi connectivity index (χ2v) is 5.82. The second-order valence-electron chi connectivity index (χ2n) is 5.82. The van der Waals surface area contributed by atoms with E-state index in [9.17, 15) is 19.5 Å². The van der Waals surface area contributed by atoms with Crippen molar-refractivity contribution in [3.8, 4) is 0 Å². The summed E-state index contributed by atoms with van der Waals surface area (Å²) >= 11 is 0. The van der Waals surface area contributed by atoms with Gasteiger partial charge in [-0.2, -0.15) is 0 Å². The van der Waals surface area contributed by atoms with Gasteiger partial charge in [-0.15, -0.1) is 0 Å². The molecule has 8 nitrogen and oxygen atoms in total. The van der Waals surface area contributed by atoms with Gasteiger partial charge in [-0.25, -0.2) is 0 Å². The van der Waals surface area contributed by atoms with Gasteiger partial charge in [0.1, 0.15) is 12.3 Å². The van der Waals surface area contributed by atoms with Gasteiger partial charge in [0.25, 0.3) is 0 Å². The monoisotopic (exact) mass is 329 g/mol. The first-order valence-corrected chi connectivity index (χ1v) is 8.05. The van der Waals surface area contributed by atoms with Gasteiger partial charge >= 0.3 is 11.9 Å². The highest BCUT2D eigenvalue weighted by Gasteiger charge is 2.27. The van der Waals surface area contributed by atoms with Crippen molar-refractivity contribution < 1.29 is 24.6 Å². The van der Waals surface area contributed by atoms with Crippen LogP contribution in [-0.4, -0.2) is 102 Å². The van der Waals surface area contributed by atoms with Gasteiger partial charge in [0.15, 0.2) is 0 Å². The molecule has 0 aromatic carbocycles. The van der Waals surface area contributed by atoms with Crippen molar-refractivity contribution in [2.24, 2.45) is 0 Å². The van der Waals surface area contributed by atoms with E-state index in [4.69, 9.17) is 5.11 Å². The van der Waals surface area contributed by atoms with Gasteiger partial charge in [0.05, 0.1) is 13.1 Å². The lowest BCUT2D eigenvalue weighted by Crippen LogP contribution is -2.47. The highest BCUT2D eigenvalue weighted by Crippen LogP contribution is 2.10. The number of carbonyl (C=O) groups is 3. The number of aldehydes is 1. The molecular weight excluding hydrogens is 302 g/mol. The third kappa shape index (κ3) is 7.06. The quantitative estimate of drug-likeness (QED) is 0.572. The molecule has 0 saturated carbocycles. The van der Waals surface area contributed by atoms with Crippen LogP contribution < -0.4 is 0 Å². The Kier molecular flexibility index (Phi) is 8.75. The first-order chi connectivity index (χ1) is 11.0. The van der Waals surface area contributed by atoms with Crippen LogP contribution in [-0.2, 0) is 14.4 Å². The van der Waals surface area contributed by atoms with Gasteiger partial charge in [0, 0.05) is 39.3 Å². The van der Waals surface area contributed by atoms with E-state index in [1.54, 1.807) is 4.90 Å². The molecule has 0 radical (unpaired) electrons. The molecule has 1 aliphatic heterocycles. The lowest BCUT2D eigenvalue weighted by atomic mass is 10.1. The van der Waals surface area contributed by atoms with Crippen molar-refractivity contribution in [1.29, 1.82) is 0 Å². The smallest absolute Gasteiger partial charge is 0.320 e. The molecule has 8 heteroatoms. The molecule has 0 amide bonds. The maximum atomic E-state index is 11.5. The predicted octanol–water partition coefficient (Wildman–Crippen LogP) is -0.557. The zero-order valence-electron chi connectivity index (χ0n) is 13.7. The topological polar surface area (TPSA) is 101 Å². The molecule has 0 aromatic heterocycles. The van der Waals surface area contributed by atoms with Crippen LogP contribution in [0.5, 0.6) is 0 Å². The Balaban J connectivity index is 2.83. The number of carboxylic acid groups (broad SMARTS) is 2. The summed E-state index contributed by atoms with van der Waals surface area (Å²) in [6, 6.07) is -0.567. The van der Waals surface area contributed by atoms with Gasteiger partial charge in [-0.1, -0.05) is 13.3 Å². The van der Waals surface area contributed by atoms with E-state index in [0.717, 1.165) is 12.7 Å². The number of nitrogens with zero attached hydrogens (tertiary/aromatic N) is 3. The zero-order chi connectivity index (χ0) is 17.2. The summed E-state index contributed by atoms with van der Waals surface area (Å²) in [5, 5.41) is 18.4. The Hall–Kier alpha value is -1.51. The second kappa shape index (κ2) is 10.3. The Labute approximate surface area is 136 Å². The van der Waals surface area contributed by atoms with Gasteiger partial charge in [-0.3, -0.25) is 24.3 Å².